The van der Waals surface area contributed by atoms with Crippen LogP contribution in [-0.4, -0.2) is 53.8 Å². The molecule has 2 bridgehead atoms. The van der Waals surface area contributed by atoms with Crippen LogP contribution in [0.1, 0.15) is 48.3 Å². The summed E-state index contributed by atoms with van der Waals surface area (Å²) >= 11 is 0. The lowest BCUT2D eigenvalue weighted by atomic mass is 9.71. The van der Waals surface area contributed by atoms with Gasteiger partial charge in [-0.15, -0.1) is 0 Å². The first kappa shape index (κ1) is 27.1. The molecule has 5 aromatic rings. The molecule has 0 radical (unpaired) electrons. The van der Waals surface area contributed by atoms with Gasteiger partial charge in [-0.05, 0) is 72.3 Å². The molecule has 0 spiro atoms. The number of unbranched alkanes of at least 4 members (excludes halogenated alkanes) is 1. The molecule has 0 saturated carbocycles. The van der Waals surface area contributed by atoms with Crippen molar-refractivity contribution in [2.24, 2.45) is 0 Å². The number of aromatic nitrogens is 1. The van der Waals surface area contributed by atoms with E-state index in [0.29, 0.717) is 24.4 Å². The van der Waals surface area contributed by atoms with Crippen molar-refractivity contribution in [3.05, 3.63) is 120 Å². The highest BCUT2D eigenvalue weighted by atomic mass is 16.5. The maximum Gasteiger partial charge on any atom is 0.217 e. The smallest absolute Gasteiger partial charge is 0.217 e. The summed E-state index contributed by atoms with van der Waals surface area (Å²) in [7, 11) is 1.68. The van der Waals surface area contributed by atoms with Gasteiger partial charge in [-0.25, -0.2) is 4.98 Å². The van der Waals surface area contributed by atoms with E-state index in [-0.39, 0.29) is 5.92 Å². The largest absolute Gasteiger partial charge is 0.481 e. The van der Waals surface area contributed by atoms with Gasteiger partial charge in [-0.1, -0.05) is 84.9 Å². The van der Waals surface area contributed by atoms with Gasteiger partial charge in [0.15, 0.2) is 0 Å². The first-order chi connectivity index (χ1) is 20.6. The Kier molecular flexibility index (Phi) is 7.41. The monoisotopic (exact) mass is 557 g/mol. The van der Waals surface area contributed by atoms with Crippen LogP contribution >= 0.6 is 0 Å². The number of likely N-dealkylation sites (tertiary alicyclic amines) is 1. The number of rotatable bonds is 10. The van der Waals surface area contributed by atoms with Gasteiger partial charge in [0.2, 0.25) is 5.88 Å². The number of aliphatic hydroxyl groups is 1. The number of methoxy groups -OCH3 is 1. The number of hydrogen-bond acceptors (Lipinski definition) is 5. The predicted molar refractivity (Wildman–Crippen MR) is 170 cm³/mol. The van der Waals surface area contributed by atoms with Crippen LogP contribution in [-0.2, 0) is 5.60 Å². The molecule has 214 valence electrons. The van der Waals surface area contributed by atoms with E-state index in [1.807, 2.05) is 24.3 Å². The second-order valence-electron chi connectivity index (χ2n) is 12.1. The maximum absolute atomic E-state index is 13.2. The molecule has 42 heavy (non-hydrogen) atoms. The summed E-state index contributed by atoms with van der Waals surface area (Å²) in [5.74, 6) is 0.182. The minimum atomic E-state index is -1.19. The fraction of sp³-hybridized carbons (Fsp3) is 0.324. The molecule has 2 fully saturated rings. The molecule has 4 aromatic carbocycles. The second-order valence-corrected chi connectivity index (χ2v) is 12.1. The van der Waals surface area contributed by atoms with E-state index in [1.54, 1.807) is 7.11 Å². The van der Waals surface area contributed by atoms with Crippen LogP contribution in [0.25, 0.3) is 21.7 Å². The van der Waals surface area contributed by atoms with Crippen LogP contribution < -0.4 is 10.1 Å². The Morgan fingerprint density at radius 2 is 1.67 bits per heavy atom. The van der Waals surface area contributed by atoms with Gasteiger partial charge in [0.1, 0.15) is 5.60 Å². The summed E-state index contributed by atoms with van der Waals surface area (Å²) in [6, 6.07) is 36.8. The molecule has 2 aliphatic rings. The number of pyridine rings is 1. The number of nitrogens with zero attached hydrogens (tertiary/aromatic N) is 2. The number of fused-ring (bicyclic) bond motifs is 4. The highest BCUT2D eigenvalue weighted by molar-refractivity contribution is 5.83. The maximum atomic E-state index is 13.2. The third-order valence-corrected chi connectivity index (χ3v) is 9.50. The fourth-order valence-corrected chi connectivity index (χ4v) is 7.39. The number of ether oxygens (including phenoxy) is 1. The van der Waals surface area contributed by atoms with Crippen LogP contribution in [0.4, 0.5) is 0 Å². The van der Waals surface area contributed by atoms with Crippen molar-refractivity contribution in [2.75, 3.05) is 26.7 Å². The normalized spacial score (nSPS) is 20.6. The van der Waals surface area contributed by atoms with Gasteiger partial charge in [0.05, 0.1) is 12.6 Å². The number of nitrogens with one attached hydrogen (secondary N) is 1. The average Bonchev–Trinajstić information content (AvgIpc) is 3.67. The quantitative estimate of drug-likeness (QED) is 0.189. The third kappa shape index (κ3) is 5.06. The van der Waals surface area contributed by atoms with Gasteiger partial charge in [0, 0.05) is 42.0 Å². The van der Waals surface area contributed by atoms with Gasteiger partial charge >= 0.3 is 0 Å². The average molecular weight is 558 g/mol. The predicted octanol–water partition coefficient (Wildman–Crippen LogP) is 6.63. The van der Waals surface area contributed by atoms with Gasteiger partial charge in [-0.2, -0.15) is 0 Å². The Hall–Kier alpha value is -3.77. The molecule has 5 heteroatoms. The van der Waals surface area contributed by atoms with Crippen LogP contribution in [0.3, 0.4) is 0 Å². The van der Waals surface area contributed by atoms with E-state index in [4.69, 9.17) is 9.72 Å². The van der Waals surface area contributed by atoms with Gasteiger partial charge in [0.25, 0.3) is 0 Å². The van der Waals surface area contributed by atoms with E-state index in [0.717, 1.165) is 65.5 Å². The molecular weight excluding hydrogens is 518 g/mol. The summed E-state index contributed by atoms with van der Waals surface area (Å²) in [5, 5.41) is 20.1. The molecule has 4 atom stereocenters. The molecule has 5 nitrogen and oxygen atoms in total. The lowest BCUT2D eigenvalue weighted by molar-refractivity contribution is 0.00653. The molecule has 1 aromatic heterocycles. The topological polar surface area (TPSA) is 57.6 Å². The fourth-order valence-electron chi connectivity index (χ4n) is 7.39. The lowest BCUT2D eigenvalue weighted by Crippen LogP contribution is -2.43. The van der Waals surface area contributed by atoms with E-state index in [1.165, 1.54) is 11.8 Å². The minimum absolute atomic E-state index is 0.376. The standard InChI is InChI=1S/C37H39N3O2/c1-42-36-33(22-29-15-7-8-16-34(29)39-36)35(27-12-3-2-4-13-27)37(41,30-18-17-26-11-5-6-14-28(26)21-30)19-9-10-20-40-25-31-23-32(40)24-38-31/h2-8,11-18,21-22,31-32,35,38,41H,9-10,19-20,23-25H2,1H3. The lowest BCUT2D eigenvalue weighted by Gasteiger charge is -2.38. The highest BCUT2D eigenvalue weighted by Gasteiger charge is 2.42. The van der Waals surface area contributed by atoms with E-state index in [9.17, 15) is 5.11 Å². The Bertz CT molecular complexity index is 1690. The van der Waals surface area contributed by atoms with Crippen molar-refractivity contribution >= 4 is 21.7 Å². The van der Waals surface area contributed by atoms with Crippen molar-refractivity contribution in [2.45, 2.75) is 49.3 Å². The van der Waals surface area contributed by atoms with E-state index in [2.05, 4.69) is 89.1 Å². The Balaban J connectivity index is 1.32. The summed E-state index contributed by atoms with van der Waals surface area (Å²) < 4.78 is 5.94. The van der Waals surface area contributed by atoms with Crippen LogP contribution in [0, 0.1) is 0 Å². The minimum Gasteiger partial charge on any atom is -0.481 e. The number of benzene rings is 4. The Labute approximate surface area is 248 Å². The van der Waals surface area contributed by atoms with Crippen molar-refractivity contribution in [1.29, 1.82) is 0 Å². The van der Waals surface area contributed by atoms with E-state index >= 15 is 0 Å². The van der Waals surface area contributed by atoms with Crippen LogP contribution in [0.15, 0.2) is 103 Å². The second kappa shape index (κ2) is 11.5. The zero-order chi connectivity index (χ0) is 28.5. The molecule has 7 rings (SSSR count). The molecule has 2 saturated heterocycles. The Morgan fingerprint density at radius 1 is 0.905 bits per heavy atom. The van der Waals surface area contributed by atoms with Gasteiger partial charge < -0.3 is 15.2 Å². The molecule has 4 unspecified atom stereocenters. The summed E-state index contributed by atoms with van der Waals surface area (Å²) in [6.07, 6.45) is 3.86. The molecule has 2 aliphatic heterocycles. The highest BCUT2D eigenvalue weighted by Crippen LogP contribution is 2.48. The SMILES string of the molecule is COc1nc2ccccc2cc1C(c1ccccc1)C(O)(CCCCN1CC2CC1CN2)c1ccc2ccccc2c1. The van der Waals surface area contributed by atoms with Crippen molar-refractivity contribution in [3.8, 4) is 5.88 Å². The number of hydrogen-bond donors (Lipinski definition) is 2. The van der Waals surface area contributed by atoms with Crippen molar-refractivity contribution in [1.82, 2.24) is 15.2 Å². The molecule has 0 amide bonds. The first-order valence-electron chi connectivity index (χ1n) is 15.3. The third-order valence-electron chi connectivity index (χ3n) is 9.50. The molecule has 2 N–H and O–H groups in total. The molecule has 3 heterocycles. The van der Waals surface area contributed by atoms with Crippen LogP contribution in [0.5, 0.6) is 5.88 Å². The number of piperazine rings is 1. The molecular formula is C37H39N3O2. The summed E-state index contributed by atoms with van der Waals surface area (Å²) in [6.45, 7) is 3.33. The van der Waals surface area contributed by atoms with E-state index < -0.39 is 5.60 Å². The zero-order valence-electron chi connectivity index (χ0n) is 24.2. The van der Waals surface area contributed by atoms with Gasteiger partial charge in [-0.3, -0.25) is 4.90 Å². The van der Waals surface area contributed by atoms with Crippen molar-refractivity contribution < 1.29 is 9.84 Å². The number of para-hydroxylation sites is 1. The van der Waals surface area contributed by atoms with Crippen molar-refractivity contribution in [3.63, 3.8) is 0 Å². The molecule has 0 aliphatic carbocycles. The summed E-state index contributed by atoms with van der Waals surface area (Å²) in [5.41, 5.74) is 2.57. The first-order valence-corrected chi connectivity index (χ1v) is 15.3. The Morgan fingerprint density at radius 3 is 2.43 bits per heavy atom. The summed E-state index contributed by atoms with van der Waals surface area (Å²) in [4.78, 5) is 7.56. The zero-order valence-corrected chi connectivity index (χ0v) is 24.2. The van der Waals surface area contributed by atoms with Crippen LogP contribution in [0.2, 0.25) is 0 Å².